The molecule has 12 heteroatoms. The van der Waals surface area contributed by atoms with Crippen molar-refractivity contribution in [1.29, 1.82) is 0 Å². The van der Waals surface area contributed by atoms with E-state index in [1.54, 1.807) is 17.6 Å². The van der Waals surface area contributed by atoms with Crippen molar-refractivity contribution in [3.05, 3.63) is 69.3 Å². The summed E-state index contributed by atoms with van der Waals surface area (Å²) in [5.41, 5.74) is 1.21. The second-order valence-corrected chi connectivity index (χ2v) is 13.5. The van der Waals surface area contributed by atoms with Crippen LogP contribution in [0.1, 0.15) is 68.0 Å². The van der Waals surface area contributed by atoms with Crippen molar-refractivity contribution in [2.75, 3.05) is 19.0 Å². The number of ether oxygens (including phenoxy) is 4. The molecular formula is C31H32N2O8S2. The highest BCUT2D eigenvalue weighted by Gasteiger charge is 2.51. The Bertz CT molecular complexity index is 1630. The molecule has 5 heterocycles. The van der Waals surface area contributed by atoms with E-state index in [9.17, 15) is 19.2 Å². The van der Waals surface area contributed by atoms with Crippen LogP contribution in [0.25, 0.3) is 16.6 Å². The zero-order valence-electron chi connectivity index (χ0n) is 23.8. The van der Waals surface area contributed by atoms with Gasteiger partial charge in [0.2, 0.25) is 5.60 Å². The first-order valence-corrected chi connectivity index (χ1v) is 16.9. The molecule has 0 bridgehead atoms. The Hall–Kier alpha value is -3.51. The summed E-state index contributed by atoms with van der Waals surface area (Å²) in [6.07, 6.45) is 3.64. The first kappa shape index (κ1) is 29.6. The van der Waals surface area contributed by atoms with Gasteiger partial charge in [-0.15, -0.1) is 0 Å². The number of nitrogens with zero attached hydrogens (tertiary/aromatic N) is 2. The number of para-hydroxylation sites is 1. The summed E-state index contributed by atoms with van der Waals surface area (Å²) in [6, 6.07) is 11.3. The number of carbonyl (C=O) groups excluding carboxylic acids is 3. The van der Waals surface area contributed by atoms with E-state index in [2.05, 4.69) is 0 Å². The van der Waals surface area contributed by atoms with Gasteiger partial charge in [-0.3, -0.25) is 19.1 Å². The van der Waals surface area contributed by atoms with E-state index in [-0.39, 0.29) is 48.9 Å². The van der Waals surface area contributed by atoms with Crippen molar-refractivity contribution < 1.29 is 33.3 Å². The number of pyridine rings is 2. The van der Waals surface area contributed by atoms with Crippen molar-refractivity contribution in [1.82, 2.24) is 9.55 Å². The van der Waals surface area contributed by atoms with Crippen LogP contribution in [0.5, 0.6) is 0 Å². The number of hydrogen-bond donors (Lipinski definition) is 0. The monoisotopic (exact) mass is 624 g/mol. The van der Waals surface area contributed by atoms with Gasteiger partial charge in [0.05, 0.1) is 22.5 Å². The van der Waals surface area contributed by atoms with Crippen LogP contribution in [-0.2, 0) is 47.2 Å². The molecule has 0 spiro atoms. The van der Waals surface area contributed by atoms with Gasteiger partial charge in [-0.2, -0.15) is 0 Å². The zero-order chi connectivity index (χ0) is 30.0. The molecule has 3 aliphatic heterocycles. The summed E-state index contributed by atoms with van der Waals surface area (Å²) in [5.74, 6) is 0.0693. The molecule has 2 atom stereocenters. The maximum absolute atomic E-state index is 13.8. The predicted molar refractivity (Wildman–Crippen MR) is 162 cm³/mol. The third-order valence-corrected chi connectivity index (χ3v) is 11.1. The molecule has 1 saturated heterocycles. The molecule has 0 radical (unpaired) electrons. The number of cyclic esters (lactones) is 1. The largest absolute Gasteiger partial charge is 0.509 e. The van der Waals surface area contributed by atoms with Gasteiger partial charge in [0, 0.05) is 40.5 Å². The molecule has 1 aromatic carbocycles. The number of esters is 2. The standard InChI is InChI=1S/C31H32N2O8S2/c1-2-31(41-30(37)39-13-12-38-27(34)10-6-4-8-21-11-14-42-43-21)23-16-20-17-25-26(15-19-7-3-5-9-24(19)32-25)33(20)28(35)22(23)18-40-29(31)36/h3,5,7,9,15-16,21H,2,4,6,8,10-14,17-18H2,1H3. The number of unbranched alkanes of at least 4 members (excludes halogenated alkanes) is 1. The minimum atomic E-state index is -1.85. The molecule has 0 N–H and O–H groups in total. The third kappa shape index (κ3) is 5.86. The summed E-state index contributed by atoms with van der Waals surface area (Å²) in [6.45, 7) is 1.07. The Kier molecular flexibility index (Phi) is 8.67. The lowest BCUT2D eigenvalue weighted by Crippen LogP contribution is -2.47. The van der Waals surface area contributed by atoms with Crippen molar-refractivity contribution in [3.8, 4) is 5.69 Å². The number of benzene rings is 1. The third-order valence-electron chi connectivity index (χ3n) is 8.07. The molecule has 0 aliphatic carbocycles. The Labute approximate surface area is 256 Å². The molecule has 0 saturated carbocycles. The maximum Gasteiger partial charge on any atom is 0.509 e. The van der Waals surface area contributed by atoms with Gasteiger partial charge in [-0.25, -0.2) is 9.59 Å². The van der Waals surface area contributed by atoms with E-state index in [1.807, 2.05) is 51.9 Å². The molecule has 226 valence electrons. The molecule has 0 amide bonds. The fraction of sp³-hybridized carbons (Fsp3) is 0.452. The fourth-order valence-electron chi connectivity index (χ4n) is 5.83. The highest BCUT2D eigenvalue weighted by molar-refractivity contribution is 8.77. The number of rotatable bonds is 10. The molecule has 43 heavy (non-hydrogen) atoms. The van der Waals surface area contributed by atoms with Crippen LogP contribution in [0.2, 0.25) is 0 Å². The molecule has 6 rings (SSSR count). The molecule has 3 aromatic rings. The van der Waals surface area contributed by atoms with E-state index in [4.69, 9.17) is 23.9 Å². The lowest BCUT2D eigenvalue weighted by atomic mass is 9.85. The molecule has 3 aliphatic rings. The van der Waals surface area contributed by atoms with Gasteiger partial charge in [-0.05, 0) is 43.9 Å². The number of carbonyl (C=O) groups is 3. The number of fused-ring (bicyclic) bond motifs is 5. The highest BCUT2D eigenvalue weighted by Crippen LogP contribution is 2.41. The van der Waals surface area contributed by atoms with Crippen molar-refractivity contribution in [3.63, 3.8) is 0 Å². The Morgan fingerprint density at radius 1 is 1.14 bits per heavy atom. The fourth-order valence-corrected chi connectivity index (χ4v) is 8.86. The van der Waals surface area contributed by atoms with E-state index < -0.39 is 17.7 Å². The Balaban J connectivity index is 1.10. The van der Waals surface area contributed by atoms with Crippen LogP contribution in [0, 0.1) is 0 Å². The summed E-state index contributed by atoms with van der Waals surface area (Å²) in [5, 5.41) is 1.58. The smallest absolute Gasteiger partial charge is 0.462 e. The van der Waals surface area contributed by atoms with E-state index in [0.29, 0.717) is 29.5 Å². The normalized spacial score (nSPS) is 20.2. The Morgan fingerprint density at radius 2 is 1.98 bits per heavy atom. The molecular weight excluding hydrogens is 592 g/mol. The van der Waals surface area contributed by atoms with Crippen molar-refractivity contribution in [2.45, 2.75) is 69.3 Å². The van der Waals surface area contributed by atoms with E-state index in [0.717, 1.165) is 35.9 Å². The van der Waals surface area contributed by atoms with Crippen molar-refractivity contribution in [2.24, 2.45) is 0 Å². The molecule has 10 nitrogen and oxygen atoms in total. The summed E-state index contributed by atoms with van der Waals surface area (Å²) < 4.78 is 22.9. The van der Waals surface area contributed by atoms with Crippen LogP contribution in [0.15, 0.2) is 41.2 Å². The topological polar surface area (TPSA) is 123 Å². The Morgan fingerprint density at radius 3 is 2.79 bits per heavy atom. The lowest BCUT2D eigenvalue weighted by Gasteiger charge is -2.35. The van der Waals surface area contributed by atoms with Crippen LogP contribution < -0.4 is 5.56 Å². The van der Waals surface area contributed by atoms with Gasteiger partial charge in [0.1, 0.15) is 19.8 Å². The van der Waals surface area contributed by atoms with Gasteiger partial charge in [-0.1, -0.05) is 53.1 Å². The van der Waals surface area contributed by atoms with Crippen LogP contribution in [0.3, 0.4) is 0 Å². The maximum atomic E-state index is 13.8. The second kappa shape index (κ2) is 12.6. The van der Waals surface area contributed by atoms with E-state index >= 15 is 0 Å². The van der Waals surface area contributed by atoms with Crippen LogP contribution >= 0.6 is 21.6 Å². The van der Waals surface area contributed by atoms with Gasteiger partial charge in [0.15, 0.2) is 0 Å². The van der Waals surface area contributed by atoms with Crippen LogP contribution in [0.4, 0.5) is 4.79 Å². The molecule has 2 unspecified atom stereocenters. The minimum absolute atomic E-state index is 0.0267. The highest BCUT2D eigenvalue weighted by atomic mass is 33.1. The average molecular weight is 625 g/mol. The minimum Gasteiger partial charge on any atom is -0.462 e. The summed E-state index contributed by atoms with van der Waals surface area (Å²) >= 11 is 0. The van der Waals surface area contributed by atoms with Gasteiger partial charge < -0.3 is 18.9 Å². The SMILES string of the molecule is CCC1(OC(=O)OCCOC(=O)CCCCC2CCSS2)C(=O)OCc2c1cc1n(c2=O)-c2cc3ccccc3nc2C1. The van der Waals surface area contributed by atoms with Gasteiger partial charge in [0.25, 0.3) is 5.56 Å². The summed E-state index contributed by atoms with van der Waals surface area (Å²) in [4.78, 5) is 56.4. The average Bonchev–Trinajstić information content (AvgIpc) is 3.65. The van der Waals surface area contributed by atoms with E-state index in [1.165, 1.54) is 12.2 Å². The first-order chi connectivity index (χ1) is 20.9. The first-order valence-electron chi connectivity index (χ1n) is 14.5. The quantitative estimate of drug-likeness (QED) is 0.0980. The number of hydrogen-bond acceptors (Lipinski definition) is 11. The van der Waals surface area contributed by atoms with Crippen LogP contribution in [-0.4, -0.2) is 51.9 Å². The van der Waals surface area contributed by atoms with Gasteiger partial charge >= 0.3 is 18.1 Å². The zero-order valence-corrected chi connectivity index (χ0v) is 25.4. The molecule has 2 aromatic heterocycles. The number of aromatic nitrogens is 2. The predicted octanol–water partition coefficient (Wildman–Crippen LogP) is 5.36. The van der Waals surface area contributed by atoms with Crippen molar-refractivity contribution >= 4 is 50.6 Å². The lowest BCUT2D eigenvalue weighted by molar-refractivity contribution is -0.175. The second-order valence-electron chi connectivity index (χ2n) is 10.7. The molecule has 1 fully saturated rings. The summed E-state index contributed by atoms with van der Waals surface area (Å²) in [7, 11) is 3.83.